The van der Waals surface area contributed by atoms with Crippen LogP contribution in [0.1, 0.15) is 40.7 Å². The highest BCUT2D eigenvalue weighted by atomic mass is 32.1. The lowest BCUT2D eigenvalue weighted by Gasteiger charge is -2.20. The lowest BCUT2D eigenvalue weighted by atomic mass is 10.1. The fraction of sp³-hybridized carbons (Fsp3) is 0.471. The van der Waals surface area contributed by atoms with Crippen molar-refractivity contribution in [2.45, 2.75) is 38.9 Å². The normalized spacial score (nSPS) is 14.0. The molecule has 0 aliphatic heterocycles. The minimum Gasteiger partial charge on any atom is -0.469 e. The quantitative estimate of drug-likeness (QED) is 0.795. The van der Waals surface area contributed by atoms with E-state index in [9.17, 15) is 4.79 Å². The second kappa shape index (κ2) is 7.72. The number of amides is 1. The molecule has 2 aromatic rings. The van der Waals surface area contributed by atoms with E-state index < -0.39 is 0 Å². The van der Waals surface area contributed by atoms with Gasteiger partial charge in [0.2, 0.25) is 0 Å². The summed E-state index contributed by atoms with van der Waals surface area (Å²) >= 11 is 1.51. The summed E-state index contributed by atoms with van der Waals surface area (Å²) < 4.78 is 5.40. The maximum atomic E-state index is 11.6. The Balaban J connectivity index is 1.64. The number of hydrogen-bond donors (Lipinski definition) is 1. The molecule has 1 aromatic carbocycles. The molecule has 1 aromatic heterocycles. The predicted octanol–water partition coefficient (Wildman–Crippen LogP) is 2.46. The van der Waals surface area contributed by atoms with Crippen LogP contribution in [-0.2, 0) is 13.1 Å². The fourth-order valence-electron chi connectivity index (χ4n) is 2.55. The summed E-state index contributed by atoms with van der Waals surface area (Å²) in [6.07, 6.45) is 2.46. The third-order valence-electron chi connectivity index (χ3n) is 3.95. The predicted molar refractivity (Wildman–Crippen MR) is 93.2 cm³/mol. The van der Waals surface area contributed by atoms with Crippen molar-refractivity contribution in [1.82, 2.24) is 20.4 Å². The second-order valence-corrected chi connectivity index (χ2v) is 6.83. The van der Waals surface area contributed by atoms with E-state index in [-0.39, 0.29) is 5.91 Å². The Morgan fingerprint density at radius 3 is 2.67 bits per heavy atom. The summed E-state index contributed by atoms with van der Waals surface area (Å²) in [6, 6.07) is 8.40. The maximum absolute atomic E-state index is 11.6. The summed E-state index contributed by atoms with van der Waals surface area (Å²) in [4.78, 5) is 14.0. The molecule has 0 unspecified atom stereocenters. The summed E-state index contributed by atoms with van der Waals surface area (Å²) in [5.74, 6) is -0.0575. The van der Waals surface area contributed by atoms with Gasteiger partial charge < -0.3 is 10.1 Å². The lowest BCUT2D eigenvalue weighted by molar-refractivity contribution is 0.0963. The average molecular weight is 346 g/mol. The van der Waals surface area contributed by atoms with Gasteiger partial charge in [-0.15, -0.1) is 10.2 Å². The minimum atomic E-state index is -0.0575. The molecule has 6 nitrogen and oxygen atoms in total. The van der Waals surface area contributed by atoms with Gasteiger partial charge in [-0.3, -0.25) is 9.69 Å². The van der Waals surface area contributed by atoms with E-state index in [0.29, 0.717) is 23.4 Å². The Hall–Kier alpha value is -1.99. The van der Waals surface area contributed by atoms with Gasteiger partial charge in [-0.2, -0.15) is 0 Å². The first-order valence-electron chi connectivity index (χ1n) is 8.20. The Morgan fingerprint density at radius 2 is 2.04 bits per heavy atom. The highest BCUT2D eigenvalue weighted by Gasteiger charge is 2.29. The highest BCUT2D eigenvalue weighted by molar-refractivity contribution is 7.13. The monoisotopic (exact) mass is 346 g/mol. The molecule has 128 valence electrons. The molecule has 1 fully saturated rings. The molecule has 1 aliphatic carbocycles. The summed E-state index contributed by atoms with van der Waals surface area (Å²) in [6.45, 7) is 4.19. The number of nitrogens with one attached hydrogen (secondary N) is 1. The number of ether oxygens (including phenoxy) is 1. The van der Waals surface area contributed by atoms with Crippen LogP contribution >= 0.6 is 11.3 Å². The zero-order chi connectivity index (χ0) is 16.9. The number of carbonyl (C=O) groups excluding carboxylic acids is 1. The number of nitrogens with zero attached hydrogens (tertiary/aromatic N) is 3. The molecule has 0 spiro atoms. The second-order valence-electron chi connectivity index (χ2n) is 5.81. The summed E-state index contributed by atoms with van der Waals surface area (Å²) in [5, 5.41) is 12.5. The molecule has 1 amide bonds. The van der Waals surface area contributed by atoms with E-state index in [1.54, 1.807) is 7.05 Å². The van der Waals surface area contributed by atoms with Crippen LogP contribution in [0.15, 0.2) is 24.3 Å². The Labute approximate surface area is 145 Å². The highest BCUT2D eigenvalue weighted by Crippen LogP contribution is 2.31. The molecular formula is C17H22N4O2S. The van der Waals surface area contributed by atoms with Crippen molar-refractivity contribution in [2.75, 3.05) is 13.7 Å². The summed E-state index contributed by atoms with van der Waals surface area (Å²) in [5.41, 5.74) is 1.88. The fourth-order valence-corrected chi connectivity index (χ4v) is 3.32. The first-order chi connectivity index (χ1) is 11.7. The van der Waals surface area contributed by atoms with E-state index in [0.717, 1.165) is 18.1 Å². The van der Waals surface area contributed by atoms with Gasteiger partial charge in [0, 0.05) is 25.2 Å². The standard InChI is InChI=1S/C17H22N4O2S/c1-3-23-17-20-19-15(24-17)11-21(14-8-9-14)10-12-4-6-13(7-5-12)16(22)18-2/h4-7,14H,3,8-11H2,1-2H3,(H,18,22). The van der Waals surface area contributed by atoms with E-state index in [1.807, 2.05) is 31.2 Å². The number of rotatable bonds is 8. The van der Waals surface area contributed by atoms with Crippen molar-refractivity contribution < 1.29 is 9.53 Å². The van der Waals surface area contributed by atoms with Crippen molar-refractivity contribution >= 4 is 17.2 Å². The largest absolute Gasteiger partial charge is 0.469 e. The Bertz CT molecular complexity index is 682. The van der Waals surface area contributed by atoms with Crippen LogP contribution < -0.4 is 10.1 Å². The SMILES string of the molecule is CCOc1nnc(CN(Cc2ccc(C(=O)NC)cc2)C2CC2)s1. The van der Waals surface area contributed by atoms with Crippen molar-refractivity contribution in [3.05, 3.63) is 40.4 Å². The van der Waals surface area contributed by atoms with Gasteiger partial charge in [0.25, 0.3) is 11.1 Å². The first kappa shape index (κ1) is 16.9. The van der Waals surface area contributed by atoms with Crippen LogP contribution in [-0.4, -0.2) is 40.7 Å². The van der Waals surface area contributed by atoms with Crippen molar-refractivity contribution in [2.24, 2.45) is 0 Å². The molecule has 7 heteroatoms. The molecule has 0 saturated heterocycles. The van der Waals surface area contributed by atoms with Gasteiger partial charge in [-0.05, 0) is 37.5 Å². The number of hydrogen-bond acceptors (Lipinski definition) is 6. The van der Waals surface area contributed by atoms with Gasteiger partial charge in [0.05, 0.1) is 13.2 Å². The number of carbonyl (C=O) groups is 1. The zero-order valence-corrected chi connectivity index (χ0v) is 14.8. The minimum absolute atomic E-state index is 0.0575. The molecule has 24 heavy (non-hydrogen) atoms. The number of benzene rings is 1. The van der Waals surface area contributed by atoms with Crippen LogP contribution in [0.25, 0.3) is 0 Å². The zero-order valence-electron chi connectivity index (χ0n) is 14.0. The molecule has 0 radical (unpaired) electrons. The van der Waals surface area contributed by atoms with Gasteiger partial charge in [0.15, 0.2) is 0 Å². The van der Waals surface area contributed by atoms with Gasteiger partial charge >= 0.3 is 0 Å². The van der Waals surface area contributed by atoms with Crippen LogP contribution in [0.2, 0.25) is 0 Å². The van der Waals surface area contributed by atoms with E-state index in [4.69, 9.17) is 4.74 Å². The maximum Gasteiger partial charge on any atom is 0.294 e. The first-order valence-corrected chi connectivity index (χ1v) is 9.01. The van der Waals surface area contributed by atoms with Crippen LogP contribution in [0.4, 0.5) is 0 Å². The summed E-state index contributed by atoms with van der Waals surface area (Å²) in [7, 11) is 1.64. The molecule has 1 heterocycles. The van der Waals surface area contributed by atoms with Gasteiger partial charge in [-0.25, -0.2) is 0 Å². The van der Waals surface area contributed by atoms with Gasteiger partial charge in [0.1, 0.15) is 5.01 Å². The Kier molecular flexibility index (Phi) is 5.42. The molecule has 3 rings (SSSR count). The Morgan fingerprint density at radius 1 is 1.29 bits per heavy atom. The van der Waals surface area contributed by atoms with Crippen LogP contribution in [0.3, 0.4) is 0 Å². The van der Waals surface area contributed by atoms with Crippen molar-refractivity contribution in [1.29, 1.82) is 0 Å². The molecule has 1 aliphatic rings. The topological polar surface area (TPSA) is 67.4 Å². The molecule has 1 saturated carbocycles. The molecule has 0 atom stereocenters. The van der Waals surface area contributed by atoms with Crippen molar-refractivity contribution in [3.8, 4) is 5.19 Å². The molecule has 0 bridgehead atoms. The third kappa shape index (κ3) is 4.30. The molecular weight excluding hydrogens is 324 g/mol. The number of aromatic nitrogens is 2. The van der Waals surface area contributed by atoms with Crippen LogP contribution in [0.5, 0.6) is 5.19 Å². The van der Waals surface area contributed by atoms with E-state index in [2.05, 4.69) is 20.4 Å². The average Bonchev–Trinajstić information content (AvgIpc) is 3.36. The van der Waals surface area contributed by atoms with E-state index in [1.165, 1.54) is 29.7 Å². The smallest absolute Gasteiger partial charge is 0.294 e. The van der Waals surface area contributed by atoms with Gasteiger partial charge in [-0.1, -0.05) is 23.5 Å². The van der Waals surface area contributed by atoms with Crippen LogP contribution in [0, 0.1) is 0 Å². The molecule has 1 N–H and O–H groups in total. The lowest BCUT2D eigenvalue weighted by Crippen LogP contribution is -2.25. The third-order valence-corrected chi connectivity index (χ3v) is 4.77. The van der Waals surface area contributed by atoms with Crippen molar-refractivity contribution in [3.63, 3.8) is 0 Å². The van der Waals surface area contributed by atoms with E-state index >= 15 is 0 Å².